The molecule has 0 aliphatic carbocycles. The van der Waals surface area contributed by atoms with Crippen LogP contribution in [-0.2, 0) is 21.1 Å². The molecule has 6 heteroatoms. The van der Waals surface area contributed by atoms with Crippen molar-refractivity contribution in [1.29, 1.82) is 0 Å². The van der Waals surface area contributed by atoms with E-state index in [0.717, 1.165) is 5.56 Å². The van der Waals surface area contributed by atoms with Crippen LogP contribution < -0.4 is 0 Å². The van der Waals surface area contributed by atoms with Crippen LogP contribution in [0.25, 0.3) is 0 Å². The summed E-state index contributed by atoms with van der Waals surface area (Å²) < 4.78 is 36.3. The maximum atomic E-state index is 13.2. The fourth-order valence-corrected chi connectivity index (χ4v) is 4.48. The Hall–Kier alpha value is -1.43. The minimum absolute atomic E-state index is 0.0219. The number of sulfone groups is 1. The Morgan fingerprint density at radius 2 is 2.18 bits per heavy atom. The van der Waals surface area contributed by atoms with Crippen LogP contribution >= 0.6 is 0 Å². The van der Waals surface area contributed by atoms with Crippen LogP contribution in [-0.4, -0.2) is 43.3 Å². The summed E-state index contributed by atoms with van der Waals surface area (Å²) in [6, 6.07) is 6.12. The zero-order chi connectivity index (χ0) is 16.3. The van der Waals surface area contributed by atoms with Gasteiger partial charge in [0.1, 0.15) is 5.82 Å². The van der Waals surface area contributed by atoms with Crippen molar-refractivity contribution in [3.63, 3.8) is 0 Å². The Kier molecular flexibility index (Phi) is 5.21. The molecule has 0 saturated carbocycles. The fourth-order valence-electron chi connectivity index (χ4n) is 2.92. The van der Waals surface area contributed by atoms with Gasteiger partial charge in [-0.25, -0.2) is 12.8 Å². The molecule has 1 aliphatic heterocycles. The van der Waals surface area contributed by atoms with E-state index in [4.69, 9.17) is 0 Å². The van der Waals surface area contributed by atoms with Gasteiger partial charge < -0.3 is 4.90 Å². The second-order valence-electron chi connectivity index (χ2n) is 6.19. The van der Waals surface area contributed by atoms with Gasteiger partial charge in [0.25, 0.3) is 0 Å². The number of carbonyl (C=O) groups is 1. The van der Waals surface area contributed by atoms with Gasteiger partial charge in [0.2, 0.25) is 5.91 Å². The number of rotatable bonds is 4. The molecular formula is C16H22FNO3S. The third-order valence-electron chi connectivity index (χ3n) is 3.99. The minimum Gasteiger partial charge on any atom is -0.338 e. The average Bonchev–Trinajstić information content (AvgIpc) is 2.36. The van der Waals surface area contributed by atoms with Crippen molar-refractivity contribution in [2.75, 3.05) is 18.1 Å². The van der Waals surface area contributed by atoms with Crippen molar-refractivity contribution >= 4 is 15.7 Å². The molecule has 1 heterocycles. The van der Waals surface area contributed by atoms with Crippen molar-refractivity contribution in [1.82, 2.24) is 4.90 Å². The van der Waals surface area contributed by atoms with Gasteiger partial charge in [-0.05, 0) is 37.0 Å². The van der Waals surface area contributed by atoms with Gasteiger partial charge in [0, 0.05) is 19.0 Å². The Labute approximate surface area is 131 Å². The molecule has 1 saturated heterocycles. The lowest BCUT2D eigenvalue weighted by Gasteiger charge is -2.34. The van der Waals surface area contributed by atoms with Gasteiger partial charge in [-0.15, -0.1) is 0 Å². The molecule has 0 spiro atoms. The van der Waals surface area contributed by atoms with E-state index >= 15 is 0 Å². The number of carbonyl (C=O) groups excluding carboxylic acids is 1. The number of benzene rings is 1. The molecule has 0 bridgehead atoms. The highest BCUT2D eigenvalue weighted by Crippen LogP contribution is 2.18. The van der Waals surface area contributed by atoms with Crippen LogP contribution in [0.4, 0.5) is 4.39 Å². The molecule has 1 aromatic carbocycles. The lowest BCUT2D eigenvalue weighted by molar-refractivity contribution is -0.133. The number of halogens is 1. The van der Waals surface area contributed by atoms with Gasteiger partial charge in [-0.3, -0.25) is 4.79 Å². The summed E-state index contributed by atoms with van der Waals surface area (Å²) in [7, 11) is -3.02. The van der Waals surface area contributed by atoms with Gasteiger partial charge in [0.15, 0.2) is 9.84 Å². The van der Waals surface area contributed by atoms with E-state index in [1.54, 1.807) is 17.9 Å². The van der Waals surface area contributed by atoms with E-state index in [9.17, 15) is 17.6 Å². The maximum absolute atomic E-state index is 13.2. The third-order valence-corrected chi connectivity index (χ3v) is 5.78. The van der Waals surface area contributed by atoms with E-state index in [-0.39, 0.29) is 41.7 Å². The Bertz CT molecular complexity index is 645. The lowest BCUT2D eigenvalue weighted by atomic mass is 9.97. The Balaban J connectivity index is 1.91. The summed E-state index contributed by atoms with van der Waals surface area (Å²) in [5.74, 6) is -0.129. The summed E-state index contributed by atoms with van der Waals surface area (Å²) in [6.07, 6.45) is 0.977. The Morgan fingerprint density at radius 3 is 2.82 bits per heavy atom. The molecule has 1 amide bonds. The molecule has 1 aromatic rings. The summed E-state index contributed by atoms with van der Waals surface area (Å²) >= 11 is 0. The largest absolute Gasteiger partial charge is 0.338 e. The lowest BCUT2D eigenvalue weighted by Crippen LogP contribution is -2.50. The summed E-state index contributed by atoms with van der Waals surface area (Å²) in [4.78, 5) is 14.0. The monoisotopic (exact) mass is 327 g/mol. The molecule has 2 atom stereocenters. The van der Waals surface area contributed by atoms with Crippen molar-refractivity contribution in [2.45, 2.75) is 32.7 Å². The summed E-state index contributed by atoms with van der Waals surface area (Å²) in [6.45, 7) is 4.00. The smallest absolute Gasteiger partial charge is 0.223 e. The van der Waals surface area contributed by atoms with Crippen LogP contribution in [0.15, 0.2) is 24.3 Å². The van der Waals surface area contributed by atoms with Crippen LogP contribution in [0.2, 0.25) is 0 Å². The first-order chi connectivity index (χ1) is 10.3. The highest BCUT2D eigenvalue weighted by molar-refractivity contribution is 7.91. The first-order valence-electron chi connectivity index (χ1n) is 7.51. The summed E-state index contributed by atoms with van der Waals surface area (Å²) in [5.41, 5.74) is 0.870. The van der Waals surface area contributed by atoms with Crippen molar-refractivity contribution in [2.24, 2.45) is 5.92 Å². The third kappa shape index (κ3) is 4.53. The zero-order valence-electron chi connectivity index (χ0n) is 13.0. The molecule has 0 N–H and O–H groups in total. The van der Waals surface area contributed by atoms with Crippen molar-refractivity contribution in [3.05, 3.63) is 35.6 Å². The highest BCUT2D eigenvalue weighted by atomic mass is 32.2. The quantitative estimate of drug-likeness (QED) is 0.850. The van der Waals surface area contributed by atoms with E-state index in [1.165, 1.54) is 12.1 Å². The predicted octanol–water partition coefficient (Wildman–Crippen LogP) is 2.04. The van der Waals surface area contributed by atoms with Crippen molar-refractivity contribution < 1.29 is 17.6 Å². The van der Waals surface area contributed by atoms with Gasteiger partial charge in [-0.2, -0.15) is 0 Å². The maximum Gasteiger partial charge on any atom is 0.223 e. The van der Waals surface area contributed by atoms with E-state index < -0.39 is 9.84 Å². The minimum atomic E-state index is -3.02. The van der Waals surface area contributed by atoms with Gasteiger partial charge >= 0.3 is 0 Å². The molecule has 2 rings (SSSR count). The second kappa shape index (κ2) is 6.77. The van der Waals surface area contributed by atoms with E-state index in [0.29, 0.717) is 12.8 Å². The molecule has 122 valence electrons. The fraction of sp³-hybridized carbons (Fsp3) is 0.562. The number of amides is 1. The van der Waals surface area contributed by atoms with Gasteiger partial charge in [-0.1, -0.05) is 19.1 Å². The number of hydrogen-bond donors (Lipinski definition) is 0. The molecule has 1 fully saturated rings. The van der Waals surface area contributed by atoms with Crippen LogP contribution in [0.1, 0.15) is 25.8 Å². The first-order valence-corrected chi connectivity index (χ1v) is 9.33. The SMILES string of the molecule is C[C@H](CC(=O)N1CCS(=O)(=O)C[C@@H]1C)Cc1cccc(F)c1. The van der Waals surface area contributed by atoms with Gasteiger partial charge in [0.05, 0.1) is 11.5 Å². The molecule has 0 unspecified atom stereocenters. The topological polar surface area (TPSA) is 54.5 Å². The number of hydrogen-bond acceptors (Lipinski definition) is 3. The zero-order valence-corrected chi connectivity index (χ0v) is 13.8. The van der Waals surface area contributed by atoms with E-state index in [1.807, 2.05) is 13.0 Å². The summed E-state index contributed by atoms with van der Waals surface area (Å²) in [5, 5.41) is 0. The molecule has 0 radical (unpaired) electrons. The second-order valence-corrected chi connectivity index (χ2v) is 8.42. The molecular weight excluding hydrogens is 305 g/mol. The standard InChI is InChI=1S/C16H22FNO3S/c1-12(8-14-4-3-5-15(17)10-14)9-16(19)18-6-7-22(20,21)11-13(18)2/h3-5,10,12-13H,6-9,11H2,1-2H3/t12-,13-/m0/s1. The normalized spacial score (nSPS) is 22.3. The molecule has 0 aromatic heterocycles. The predicted molar refractivity (Wildman–Crippen MR) is 83.7 cm³/mol. The molecule has 4 nitrogen and oxygen atoms in total. The Morgan fingerprint density at radius 1 is 1.45 bits per heavy atom. The molecule has 1 aliphatic rings. The van der Waals surface area contributed by atoms with Crippen LogP contribution in [0, 0.1) is 11.7 Å². The van der Waals surface area contributed by atoms with Crippen LogP contribution in [0.3, 0.4) is 0 Å². The van der Waals surface area contributed by atoms with Crippen molar-refractivity contribution in [3.8, 4) is 0 Å². The van der Waals surface area contributed by atoms with Crippen LogP contribution in [0.5, 0.6) is 0 Å². The highest BCUT2D eigenvalue weighted by Gasteiger charge is 2.31. The first kappa shape index (κ1) is 16.9. The average molecular weight is 327 g/mol. The molecule has 22 heavy (non-hydrogen) atoms. The number of nitrogens with zero attached hydrogens (tertiary/aromatic N) is 1. The van der Waals surface area contributed by atoms with E-state index in [2.05, 4.69) is 0 Å².